The van der Waals surface area contributed by atoms with E-state index in [0.29, 0.717) is 12.2 Å². The van der Waals surface area contributed by atoms with Gasteiger partial charge in [0.25, 0.3) is 0 Å². The Morgan fingerprint density at radius 2 is 2.14 bits per heavy atom. The molecule has 2 aromatic rings. The van der Waals surface area contributed by atoms with Gasteiger partial charge in [-0.1, -0.05) is 28.9 Å². The van der Waals surface area contributed by atoms with Gasteiger partial charge in [0.2, 0.25) is 0 Å². The molecule has 0 atom stereocenters. The van der Waals surface area contributed by atoms with Gasteiger partial charge in [-0.3, -0.25) is 0 Å². The summed E-state index contributed by atoms with van der Waals surface area (Å²) < 4.78 is 26.2. The topological polar surface area (TPSA) is 90.0 Å². The maximum Gasteiger partial charge on any atom is 0.182 e. The van der Waals surface area contributed by atoms with Crippen LogP contribution in [0.4, 0.5) is 11.6 Å². The SMILES string of the molecule is CCCNc1nn(-c2cccc(Br)c2)c(N)c1S(C)(=O)=O. The van der Waals surface area contributed by atoms with E-state index in [-0.39, 0.29) is 16.5 Å². The van der Waals surface area contributed by atoms with Gasteiger partial charge in [0, 0.05) is 17.3 Å². The highest BCUT2D eigenvalue weighted by molar-refractivity contribution is 9.10. The van der Waals surface area contributed by atoms with Gasteiger partial charge in [0.15, 0.2) is 20.6 Å². The first-order valence-corrected chi connectivity index (χ1v) is 9.11. The molecule has 1 aromatic carbocycles. The van der Waals surface area contributed by atoms with E-state index < -0.39 is 9.84 Å². The average Bonchev–Trinajstić information content (AvgIpc) is 2.73. The molecule has 6 nitrogen and oxygen atoms in total. The van der Waals surface area contributed by atoms with Gasteiger partial charge in [-0.25, -0.2) is 13.1 Å². The van der Waals surface area contributed by atoms with Gasteiger partial charge in [0.1, 0.15) is 5.82 Å². The van der Waals surface area contributed by atoms with Crippen LogP contribution in [0.3, 0.4) is 0 Å². The van der Waals surface area contributed by atoms with Crippen molar-refractivity contribution in [2.45, 2.75) is 18.2 Å². The van der Waals surface area contributed by atoms with E-state index in [0.717, 1.165) is 17.1 Å². The van der Waals surface area contributed by atoms with E-state index in [1.54, 1.807) is 0 Å². The highest BCUT2D eigenvalue weighted by atomic mass is 79.9. The third-order valence-electron chi connectivity index (χ3n) is 2.84. The van der Waals surface area contributed by atoms with Crippen molar-refractivity contribution in [3.63, 3.8) is 0 Å². The fraction of sp³-hybridized carbons (Fsp3) is 0.308. The van der Waals surface area contributed by atoms with Crippen molar-refractivity contribution in [3.8, 4) is 5.69 Å². The minimum absolute atomic E-state index is 0.0379. The number of benzene rings is 1. The lowest BCUT2D eigenvalue weighted by Crippen LogP contribution is -2.07. The molecule has 0 saturated heterocycles. The first-order valence-electron chi connectivity index (χ1n) is 6.43. The van der Waals surface area contributed by atoms with Crippen molar-refractivity contribution in [1.82, 2.24) is 9.78 Å². The third-order valence-corrected chi connectivity index (χ3v) is 4.48. The molecule has 0 radical (unpaired) electrons. The van der Waals surface area contributed by atoms with Gasteiger partial charge < -0.3 is 11.1 Å². The fourth-order valence-electron chi connectivity index (χ4n) is 1.95. The number of aromatic nitrogens is 2. The monoisotopic (exact) mass is 372 g/mol. The number of nitrogens with two attached hydrogens (primary N) is 1. The summed E-state index contributed by atoms with van der Waals surface area (Å²) in [7, 11) is -3.47. The quantitative estimate of drug-likeness (QED) is 0.840. The molecule has 3 N–H and O–H groups in total. The second kappa shape index (κ2) is 6.07. The molecule has 0 saturated carbocycles. The van der Waals surface area contributed by atoms with Gasteiger partial charge in [-0.05, 0) is 24.6 Å². The summed E-state index contributed by atoms with van der Waals surface area (Å²) in [4.78, 5) is 0.0379. The summed E-state index contributed by atoms with van der Waals surface area (Å²) >= 11 is 3.37. The van der Waals surface area contributed by atoms with Crippen molar-refractivity contribution >= 4 is 37.4 Å². The van der Waals surface area contributed by atoms with E-state index >= 15 is 0 Å². The van der Waals surface area contributed by atoms with Crippen LogP contribution in [0.5, 0.6) is 0 Å². The number of hydrogen-bond acceptors (Lipinski definition) is 5. The van der Waals surface area contributed by atoms with Crippen LogP contribution in [0.15, 0.2) is 33.6 Å². The molecular formula is C13H17BrN4O2S. The van der Waals surface area contributed by atoms with Crippen molar-refractivity contribution in [3.05, 3.63) is 28.7 Å². The minimum atomic E-state index is -3.47. The lowest BCUT2D eigenvalue weighted by Gasteiger charge is -2.04. The molecule has 8 heteroatoms. The van der Waals surface area contributed by atoms with Crippen molar-refractivity contribution in [1.29, 1.82) is 0 Å². The Balaban J connectivity index is 2.61. The Bertz CT molecular complexity index is 756. The molecule has 0 aliphatic rings. The lowest BCUT2D eigenvalue weighted by molar-refractivity contribution is 0.602. The second-order valence-corrected chi connectivity index (χ2v) is 7.52. The Kier molecular flexibility index (Phi) is 4.58. The summed E-state index contributed by atoms with van der Waals surface area (Å²) in [5, 5.41) is 7.32. The molecule has 0 fully saturated rings. The van der Waals surface area contributed by atoms with Crippen LogP contribution in [0.1, 0.15) is 13.3 Å². The van der Waals surface area contributed by atoms with Crippen LogP contribution in [-0.4, -0.2) is 31.0 Å². The number of nitrogens with zero attached hydrogens (tertiary/aromatic N) is 2. The molecule has 21 heavy (non-hydrogen) atoms. The Morgan fingerprint density at radius 1 is 1.43 bits per heavy atom. The summed E-state index contributed by atoms with van der Waals surface area (Å²) in [5.41, 5.74) is 6.70. The molecule has 0 amide bonds. The van der Waals surface area contributed by atoms with Crippen molar-refractivity contribution in [2.24, 2.45) is 0 Å². The normalized spacial score (nSPS) is 11.6. The van der Waals surface area contributed by atoms with Gasteiger partial charge >= 0.3 is 0 Å². The number of hydrogen-bond donors (Lipinski definition) is 2. The zero-order valence-corrected chi connectivity index (χ0v) is 14.2. The van der Waals surface area contributed by atoms with E-state index in [2.05, 4.69) is 26.3 Å². The molecule has 114 valence electrons. The predicted molar refractivity (Wildman–Crippen MR) is 87.6 cm³/mol. The fourth-order valence-corrected chi connectivity index (χ4v) is 3.26. The zero-order valence-electron chi connectivity index (χ0n) is 11.8. The van der Waals surface area contributed by atoms with Gasteiger partial charge in [-0.2, -0.15) is 0 Å². The molecule has 2 rings (SSSR count). The van der Waals surface area contributed by atoms with Crippen LogP contribution in [0.2, 0.25) is 0 Å². The van der Waals surface area contributed by atoms with Crippen molar-refractivity contribution in [2.75, 3.05) is 23.9 Å². The number of nitrogens with one attached hydrogen (secondary N) is 1. The van der Waals surface area contributed by atoms with Crippen LogP contribution in [0, 0.1) is 0 Å². The number of anilines is 2. The van der Waals surface area contributed by atoms with Crippen LogP contribution >= 0.6 is 15.9 Å². The number of halogens is 1. The highest BCUT2D eigenvalue weighted by Gasteiger charge is 2.24. The zero-order chi connectivity index (χ0) is 15.6. The maximum absolute atomic E-state index is 12.0. The summed E-state index contributed by atoms with van der Waals surface area (Å²) in [6.07, 6.45) is 1.98. The van der Waals surface area contributed by atoms with E-state index in [4.69, 9.17) is 5.73 Å². The van der Waals surface area contributed by atoms with Crippen LogP contribution in [-0.2, 0) is 9.84 Å². The molecule has 0 aliphatic heterocycles. The molecule has 1 aromatic heterocycles. The first kappa shape index (κ1) is 15.8. The molecule has 0 spiro atoms. The molecule has 0 bridgehead atoms. The predicted octanol–water partition coefficient (Wildman–Crippen LogP) is 2.44. The molecular weight excluding hydrogens is 356 g/mol. The van der Waals surface area contributed by atoms with E-state index in [1.165, 1.54) is 4.68 Å². The summed E-state index contributed by atoms with van der Waals surface area (Å²) in [6.45, 7) is 2.61. The molecule has 0 aliphatic carbocycles. The third kappa shape index (κ3) is 3.38. The molecule has 1 heterocycles. The van der Waals surface area contributed by atoms with Crippen LogP contribution in [0.25, 0.3) is 5.69 Å². The highest BCUT2D eigenvalue weighted by Crippen LogP contribution is 2.30. The van der Waals surface area contributed by atoms with Crippen LogP contribution < -0.4 is 11.1 Å². The number of rotatable bonds is 5. The van der Waals surface area contributed by atoms with Gasteiger partial charge in [-0.15, -0.1) is 5.10 Å². The van der Waals surface area contributed by atoms with E-state index in [1.807, 2.05) is 31.2 Å². The Labute approximate surface area is 132 Å². The largest absolute Gasteiger partial charge is 0.382 e. The second-order valence-electron chi connectivity index (χ2n) is 4.65. The summed E-state index contributed by atoms with van der Waals surface area (Å²) in [6, 6.07) is 7.33. The number of nitrogen functional groups attached to an aromatic ring is 1. The minimum Gasteiger partial charge on any atom is -0.382 e. The lowest BCUT2D eigenvalue weighted by atomic mass is 10.3. The average molecular weight is 373 g/mol. The smallest absolute Gasteiger partial charge is 0.182 e. The maximum atomic E-state index is 12.0. The standard InChI is InChI=1S/C13H17BrN4O2S/c1-3-7-16-13-11(21(2,19)20)12(15)18(17-13)10-6-4-5-9(14)8-10/h4-6,8H,3,7,15H2,1-2H3,(H,16,17). The first-order chi connectivity index (χ1) is 9.84. The van der Waals surface area contributed by atoms with E-state index in [9.17, 15) is 8.42 Å². The Hall–Kier alpha value is -1.54. The number of sulfone groups is 1. The van der Waals surface area contributed by atoms with Gasteiger partial charge in [0.05, 0.1) is 5.69 Å². The Morgan fingerprint density at radius 3 is 2.71 bits per heavy atom. The van der Waals surface area contributed by atoms with Crippen molar-refractivity contribution < 1.29 is 8.42 Å². The summed E-state index contributed by atoms with van der Waals surface area (Å²) in [5.74, 6) is 0.394. The molecule has 0 unspecified atom stereocenters.